The normalized spacial score (nSPS) is 11.6. The minimum absolute atomic E-state index is 0.0792. The molecule has 0 aliphatic rings. The Kier molecular flexibility index (Phi) is 2.71. The van der Waals surface area contributed by atoms with E-state index in [-0.39, 0.29) is 5.56 Å². The number of nitrogens with zero attached hydrogens (tertiary/aromatic N) is 1. The number of rotatable bonds is 2. The zero-order valence-corrected chi connectivity index (χ0v) is 12.8. The lowest BCUT2D eigenvalue weighted by Gasteiger charge is -2.13. The maximum atomic E-state index is 12.7. The van der Waals surface area contributed by atoms with E-state index in [1.807, 2.05) is 12.1 Å². The Morgan fingerprint density at radius 1 is 0.955 bits per heavy atom. The highest BCUT2D eigenvalue weighted by atomic mass is 35.5. The molecule has 2 aromatic carbocycles. The van der Waals surface area contributed by atoms with Gasteiger partial charge in [0.15, 0.2) is 0 Å². The summed E-state index contributed by atoms with van der Waals surface area (Å²) >= 11 is 6.13. The number of methoxy groups -OCH3 is 2. The lowest BCUT2D eigenvalue weighted by molar-refractivity contribution is 0.401. The fourth-order valence-electron chi connectivity index (χ4n) is 3.07. The third-order valence-corrected chi connectivity index (χ3v) is 4.27. The quantitative estimate of drug-likeness (QED) is 0.530. The van der Waals surface area contributed by atoms with Crippen molar-refractivity contribution in [1.29, 1.82) is 0 Å². The minimum Gasteiger partial charge on any atom is -0.496 e. The van der Waals surface area contributed by atoms with Gasteiger partial charge < -0.3 is 9.47 Å². The first kappa shape index (κ1) is 13.2. The van der Waals surface area contributed by atoms with Crippen molar-refractivity contribution in [3.05, 3.63) is 51.9 Å². The molecule has 4 nitrogen and oxygen atoms in total. The number of aromatic nitrogens is 1. The molecule has 22 heavy (non-hydrogen) atoms. The van der Waals surface area contributed by atoms with Crippen molar-refractivity contribution in [3.63, 3.8) is 0 Å². The van der Waals surface area contributed by atoms with Crippen LogP contribution < -0.4 is 15.0 Å². The molecule has 5 heteroatoms. The molecular weight excluding hydrogens is 302 g/mol. The lowest BCUT2D eigenvalue weighted by atomic mass is 10.0. The van der Waals surface area contributed by atoms with Crippen LogP contribution in [0.4, 0.5) is 0 Å². The molecule has 110 valence electrons. The van der Waals surface area contributed by atoms with Crippen LogP contribution in [0.2, 0.25) is 5.02 Å². The van der Waals surface area contributed by atoms with E-state index in [4.69, 9.17) is 21.1 Å². The predicted molar refractivity (Wildman–Crippen MR) is 88.0 cm³/mol. The van der Waals surface area contributed by atoms with Crippen molar-refractivity contribution in [3.8, 4) is 11.5 Å². The second-order valence-corrected chi connectivity index (χ2v) is 5.54. The molecular formula is C17H12ClNO3. The van der Waals surface area contributed by atoms with Gasteiger partial charge in [0, 0.05) is 38.8 Å². The van der Waals surface area contributed by atoms with Crippen LogP contribution in [0.1, 0.15) is 0 Å². The third kappa shape index (κ3) is 1.56. The number of ether oxygens (including phenoxy) is 2. The Hall–Kier alpha value is -2.46. The summed E-state index contributed by atoms with van der Waals surface area (Å²) in [4.78, 5) is 12.7. The zero-order chi connectivity index (χ0) is 15.4. The summed E-state index contributed by atoms with van der Waals surface area (Å²) in [7, 11) is 3.20. The Morgan fingerprint density at radius 2 is 1.73 bits per heavy atom. The van der Waals surface area contributed by atoms with Gasteiger partial charge in [0.1, 0.15) is 11.5 Å². The molecule has 0 fully saturated rings. The molecule has 0 N–H and O–H groups in total. The Labute approximate surface area is 130 Å². The molecule has 0 radical (unpaired) electrons. The average molecular weight is 314 g/mol. The van der Waals surface area contributed by atoms with Gasteiger partial charge in [0.05, 0.1) is 19.7 Å². The highest BCUT2D eigenvalue weighted by molar-refractivity contribution is 6.32. The van der Waals surface area contributed by atoms with Crippen LogP contribution in [-0.4, -0.2) is 18.6 Å². The monoisotopic (exact) mass is 313 g/mol. The smallest absolute Gasteiger partial charge is 0.263 e. The second-order valence-electron chi connectivity index (χ2n) is 5.10. The molecule has 0 aliphatic heterocycles. The third-order valence-electron chi connectivity index (χ3n) is 4.04. The van der Waals surface area contributed by atoms with Crippen LogP contribution in [-0.2, 0) is 0 Å². The first-order valence-corrected chi connectivity index (χ1v) is 7.14. The fourth-order valence-corrected chi connectivity index (χ4v) is 3.24. The van der Waals surface area contributed by atoms with Crippen LogP contribution in [0.5, 0.6) is 11.5 Å². The molecule has 0 unspecified atom stereocenters. The summed E-state index contributed by atoms with van der Waals surface area (Å²) in [5.74, 6) is 1.33. The van der Waals surface area contributed by atoms with E-state index in [2.05, 4.69) is 0 Å². The SMILES string of the molecule is COc1cc(OC)c2c3cc(Cl)ccc3c(=O)n3ccc1c23. The van der Waals surface area contributed by atoms with Gasteiger partial charge >= 0.3 is 0 Å². The van der Waals surface area contributed by atoms with E-state index in [0.29, 0.717) is 21.9 Å². The summed E-state index contributed by atoms with van der Waals surface area (Å²) in [6, 6.07) is 8.98. The number of hydrogen-bond acceptors (Lipinski definition) is 3. The van der Waals surface area contributed by atoms with Gasteiger partial charge in [-0.1, -0.05) is 11.6 Å². The van der Waals surface area contributed by atoms with Gasteiger partial charge in [-0.25, -0.2) is 0 Å². The molecule has 0 bridgehead atoms. The fraction of sp³-hybridized carbons (Fsp3) is 0.118. The topological polar surface area (TPSA) is 39.9 Å². The molecule has 2 heterocycles. The summed E-state index contributed by atoms with van der Waals surface area (Å²) in [5, 5.41) is 3.71. The molecule has 4 aromatic rings. The van der Waals surface area contributed by atoms with E-state index in [9.17, 15) is 4.79 Å². The number of hydrogen-bond donors (Lipinski definition) is 0. The molecule has 0 saturated carbocycles. The number of pyridine rings is 1. The molecule has 0 saturated heterocycles. The van der Waals surface area contributed by atoms with Crippen LogP contribution in [0.25, 0.3) is 27.1 Å². The van der Waals surface area contributed by atoms with E-state index in [0.717, 1.165) is 21.7 Å². The minimum atomic E-state index is -0.0792. The van der Waals surface area contributed by atoms with Crippen molar-refractivity contribution in [2.75, 3.05) is 14.2 Å². The summed E-state index contributed by atoms with van der Waals surface area (Å²) in [5.41, 5.74) is 0.709. The van der Waals surface area contributed by atoms with Crippen LogP contribution in [0, 0.1) is 0 Å². The summed E-state index contributed by atoms with van der Waals surface area (Å²) < 4.78 is 12.6. The maximum Gasteiger partial charge on any atom is 0.263 e. The number of benzene rings is 2. The average Bonchev–Trinajstić information content (AvgIpc) is 2.97. The van der Waals surface area contributed by atoms with Crippen molar-refractivity contribution >= 4 is 38.7 Å². The summed E-state index contributed by atoms with van der Waals surface area (Å²) in [6.45, 7) is 0. The molecule has 0 atom stereocenters. The molecule has 2 aromatic heterocycles. The highest BCUT2D eigenvalue weighted by Crippen LogP contribution is 2.40. The first-order chi connectivity index (χ1) is 10.7. The van der Waals surface area contributed by atoms with E-state index < -0.39 is 0 Å². The van der Waals surface area contributed by atoms with Crippen molar-refractivity contribution in [2.45, 2.75) is 0 Å². The second kappa shape index (κ2) is 4.52. The predicted octanol–water partition coefficient (Wildman–Crippen LogP) is 3.71. The standard InChI is InChI=1S/C17H12ClNO3/c1-21-13-8-14(22-2)15-12-7-9(18)3-4-10(12)17(20)19-6-5-11(13)16(15)19/h3-8H,1-2H3. The van der Waals surface area contributed by atoms with Gasteiger partial charge in [-0.3, -0.25) is 9.20 Å². The van der Waals surface area contributed by atoms with Gasteiger partial charge in [0.2, 0.25) is 0 Å². The molecule has 0 aliphatic carbocycles. The first-order valence-electron chi connectivity index (χ1n) is 6.76. The summed E-state index contributed by atoms with van der Waals surface area (Å²) in [6.07, 6.45) is 1.76. The highest BCUT2D eigenvalue weighted by Gasteiger charge is 2.19. The van der Waals surface area contributed by atoms with Gasteiger partial charge in [-0.2, -0.15) is 0 Å². The maximum absolute atomic E-state index is 12.7. The van der Waals surface area contributed by atoms with Crippen LogP contribution in [0.15, 0.2) is 41.3 Å². The van der Waals surface area contributed by atoms with E-state index in [1.165, 1.54) is 0 Å². The van der Waals surface area contributed by atoms with Crippen molar-refractivity contribution in [1.82, 2.24) is 4.40 Å². The van der Waals surface area contributed by atoms with Crippen LogP contribution >= 0.6 is 11.6 Å². The van der Waals surface area contributed by atoms with Gasteiger partial charge in [-0.05, 0) is 24.3 Å². The van der Waals surface area contributed by atoms with E-state index >= 15 is 0 Å². The number of halogens is 1. The van der Waals surface area contributed by atoms with Gasteiger partial charge in [-0.15, -0.1) is 0 Å². The molecule has 0 amide bonds. The van der Waals surface area contributed by atoms with E-state index in [1.54, 1.807) is 43.0 Å². The molecule has 0 spiro atoms. The largest absolute Gasteiger partial charge is 0.496 e. The van der Waals surface area contributed by atoms with Crippen LogP contribution in [0.3, 0.4) is 0 Å². The Bertz CT molecular complexity index is 1080. The zero-order valence-electron chi connectivity index (χ0n) is 12.0. The van der Waals surface area contributed by atoms with Crippen molar-refractivity contribution < 1.29 is 9.47 Å². The van der Waals surface area contributed by atoms with Gasteiger partial charge in [0.25, 0.3) is 5.56 Å². The van der Waals surface area contributed by atoms with Crippen molar-refractivity contribution in [2.24, 2.45) is 0 Å². The Balaban J connectivity index is 2.41. The lowest BCUT2D eigenvalue weighted by Crippen LogP contribution is -2.12. The Morgan fingerprint density at radius 3 is 2.45 bits per heavy atom. The molecule has 4 rings (SSSR count). The number of fused-ring (bicyclic) bond motifs is 2.